The van der Waals surface area contributed by atoms with Crippen molar-refractivity contribution in [2.45, 2.75) is 96.8 Å². The van der Waals surface area contributed by atoms with E-state index in [-0.39, 0.29) is 16.2 Å². The quantitative estimate of drug-likeness (QED) is 0.155. The first-order chi connectivity index (χ1) is 22.2. The summed E-state index contributed by atoms with van der Waals surface area (Å²) in [7, 11) is 2.24. The number of aromatic nitrogens is 1. The molecular weight excluding hydrogens is 555 g/mol. The van der Waals surface area contributed by atoms with Crippen LogP contribution in [0.15, 0.2) is 97.2 Å². The molecule has 1 unspecified atom stereocenters. The van der Waals surface area contributed by atoms with Crippen LogP contribution in [0.1, 0.15) is 108 Å². The van der Waals surface area contributed by atoms with Crippen molar-refractivity contribution in [1.82, 2.24) is 0 Å². The van der Waals surface area contributed by atoms with Crippen LogP contribution in [0.25, 0.3) is 44.6 Å². The molecule has 7 rings (SSSR count). The van der Waals surface area contributed by atoms with Gasteiger partial charge in [-0.15, -0.1) is 0 Å². The third-order valence-electron chi connectivity index (χ3n) is 12.7. The molecule has 1 heterocycles. The molecule has 0 aliphatic heterocycles. The molecule has 1 aromatic heterocycles. The van der Waals surface area contributed by atoms with Crippen LogP contribution < -0.4 is 4.57 Å². The minimum absolute atomic E-state index is 0.0385. The van der Waals surface area contributed by atoms with Crippen LogP contribution in [-0.2, 0) is 23.3 Å². The minimum Gasteiger partial charge on any atom is -0.200 e. The Morgan fingerprint density at radius 1 is 0.565 bits per heavy atom. The molecule has 0 radical (unpaired) electrons. The lowest BCUT2D eigenvalue weighted by molar-refractivity contribution is -0.659. The first-order valence-corrected chi connectivity index (χ1v) is 17.7. The van der Waals surface area contributed by atoms with Gasteiger partial charge in [0.15, 0.2) is 6.20 Å². The molecular formula is C45H50N+. The lowest BCUT2D eigenvalue weighted by Gasteiger charge is -2.33. The predicted octanol–water partition coefficient (Wildman–Crippen LogP) is 11.7. The van der Waals surface area contributed by atoms with Gasteiger partial charge in [-0.1, -0.05) is 109 Å². The fourth-order valence-corrected chi connectivity index (χ4v) is 9.05. The molecule has 234 valence electrons. The zero-order chi connectivity index (χ0) is 32.4. The van der Waals surface area contributed by atoms with E-state index in [1.54, 1.807) is 0 Å². The summed E-state index contributed by atoms with van der Waals surface area (Å²) in [5.74, 6) is 0. The molecule has 1 nitrogen and oxygen atoms in total. The number of fused-ring (bicyclic) bond motifs is 6. The molecule has 0 amide bonds. The zero-order valence-corrected chi connectivity index (χ0v) is 29.2. The Kier molecular flexibility index (Phi) is 7.39. The topological polar surface area (TPSA) is 3.88 Å². The van der Waals surface area contributed by atoms with E-state index in [9.17, 15) is 0 Å². The second-order valence-electron chi connectivity index (χ2n) is 14.5. The van der Waals surface area contributed by atoms with Gasteiger partial charge in [-0.25, -0.2) is 4.57 Å². The first-order valence-electron chi connectivity index (χ1n) is 17.7. The number of rotatable bonds is 8. The third kappa shape index (κ3) is 4.16. The summed E-state index contributed by atoms with van der Waals surface area (Å²) in [4.78, 5) is 0. The van der Waals surface area contributed by atoms with E-state index in [0.717, 1.165) is 32.1 Å². The molecule has 0 saturated heterocycles. The average Bonchev–Trinajstić information content (AvgIpc) is 3.53. The van der Waals surface area contributed by atoms with Crippen molar-refractivity contribution in [2.75, 3.05) is 0 Å². The Morgan fingerprint density at radius 2 is 1.17 bits per heavy atom. The van der Waals surface area contributed by atoms with E-state index in [4.69, 9.17) is 0 Å². The summed E-state index contributed by atoms with van der Waals surface area (Å²) < 4.78 is 2.38. The molecule has 0 saturated carbocycles. The number of hydrogen-bond acceptors (Lipinski definition) is 0. The molecule has 1 heteroatoms. The van der Waals surface area contributed by atoms with E-state index in [2.05, 4.69) is 157 Å². The lowest BCUT2D eigenvalue weighted by Crippen LogP contribution is -2.32. The SMILES string of the molecule is CCC(C)(CC)c1cc2c(cc1-c1ccc(-c3ccc4c(c3)C(C)(CC)c3ccccc3-4)c[n+]1C)C(CC)(CC)c1ccccc1-2. The Labute approximate surface area is 277 Å². The van der Waals surface area contributed by atoms with Gasteiger partial charge in [-0.3, -0.25) is 0 Å². The van der Waals surface area contributed by atoms with E-state index in [1.165, 1.54) is 72.5 Å². The van der Waals surface area contributed by atoms with Crippen LogP contribution in [0.2, 0.25) is 0 Å². The van der Waals surface area contributed by atoms with E-state index >= 15 is 0 Å². The molecule has 2 aliphatic rings. The molecule has 0 bridgehead atoms. The molecule has 0 N–H and O–H groups in total. The van der Waals surface area contributed by atoms with E-state index in [1.807, 2.05) is 0 Å². The molecule has 2 aliphatic carbocycles. The van der Waals surface area contributed by atoms with Crippen LogP contribution >= 0.6 is 0 Å². The van der Waals surface area contributed by atoms with E-state index < -0.39 is 0 Å². The van der Waals surface area contributed by atoms with Crippen molar-refractivity contribution in [3.63, 3.8) is 0 Å². The summed E-state index contributed by atoms with van der Waals surface area (Å²) in [6.07, 6.45) is 7.88. The minimum atomic E-state index is 0.0385. The van der Waals surface area contributed by atoms with Crippen molar-refractivity contribution < 1.29 is 4.57 Å². The summed E-state index contributed by atoms with van der Waals surface area (Å²) in [6.45, 7) is 16.7. The number of hydrogen-bond donors (Lipinski definition) is 0. The Hall–Kier alpha value is -3.97. The van der Waals surface area contributed by atoms with Gasteiger partial charge in [0, 0.05) is 22.5 Å². The van der Waals surface area contributed by atoms with Crippen molar-refractivity contribution in [3.8, 4) is 44.6 Å². The van der Waals surface area contributed by atoms with Gasteiger partial charge in [0.1, 0.15) is 7.05 Å². The average molecular weight is 605 g/mol. The molecule has 0 spiro atoms. The van der Waals surface area contributed by atoms with Gasteiger partial charge in [0.05, 0.1) is 5.56 Å². The summed E-state index contributed by atoms with van der Waals surface area (Å²) in [5, 5.41) is 0. The van der Waals surface area contributed by atoms with Gasteiger partial charge in [-0.2, -0.15) is 0 Å². The number of nitrogens with zero attached hydrogens (tertiary/aromatic N) is 1. The normalized spacial score (nSPS) is 17.4. The highest BCUT2D eigenvalue weighted by Crippen LogP contribution is 2.55. The highest BCUT2D eigenvalue weighted by molar-refractivity contribution is 5.86. The highest BCUT2D eigenvalue weighted by Gasteiger charge is 2.43. The fourth-order valence-electron chi connectivity index (χ4n) is 9.05. The molecule has 5 aromatic rings. The van der Waals surface area contributed by atoms with Crippen molar-refractivity contribution in [2.24, 2.45) is 7.05 Å². The van der Waals surface area contributed by atoms with Gasteiger partial charge in [-0.05, 0) is 117 Å². The van der Waals surface area contributed by atoms with Crippen LogP contribution in [0.5, 0.6) is 0 Å². The number of pyridine rings is 1. The van der Waals surface area contributed by atoms with Gasteiger partial charge < -0.3 is 0 Å². The maximum atomic E-state index is 2.59. The summed E-state index contributed by atoms with van der Waals surface area (Å²) in [5.41, 5.74) is 18.5. The first kappa shape index (κ1) is 30.7. The monoisotopic (exact) mass is 604 g/mol. The number of benzene rings is 4. The van der Waals surface area contributed by atoms with Crippen LogP contribution in [0.3, 0.4) is 0 Å². The summed E-state index contributed by atoms with van der Waals surface area (Å²) >= 11 is 0. The zero-order valence-electron chi connectivity index (χ0n) is 29.2. The Bertz CT molecular complexity index is 1970. The van der Waals surface area contributed by atoms with Crippen molar-refractivity contribution >= 4 is 0 Å². The maximum absolute atomic E-state index is 2.59. The molecule has 0 fully saturated rings. The van der Waals surface area contributed by atoms with Crippen molar-refractivity contribution in [3.05, 3.63) is 125 Å². The fraction of sp³-hybridized carbons (Fsp3) is 0.356. The second kappa shape index (κ2) is 11.1. The van der Waals surface area contributed by atoms with Gasteiger partial charge in [0.2, 0.25) is 5.69 Å². The predicted molar refractivity (Wildman–Crippen MR) is 195 cm³/mol. The Balaban J connectivity index is 1.39. The van der Waals surface area contributed by atoms with Crippen molar-refractivity contribution in [1.29, 1.82) is 0 Å². The van der Waals surface area contributed by atoms with Crippen LogP contribution in [-0.4, -0.2) is 0 Å². The largest absolute Gasteiger partial charge is 0.212 e. The second-order valence-corrected chi connectivity index (χ2v) is 14.5. The maximum Gasteiger partial charge on any atom is 0.212 e. The molecule has 46 heavy (non-hydrogen) atoms. The van der Waals surface area contributed by atoms with Gasteiger partial charge in [0.25, 0.3) is 0 Å². The smallest absolute Gasteiger partial charge is 0.200 e. The summed E-state index contributed by atoms with van der Waals surface area (Å²) in [6, 6.07) is 35.2. The third-order valence-corrected chi connectivity index (χ3v) is 12.7. The standard InChI is InChI=1S/C45H50N/c1-9-43(6,10-2)39-27-35-33-19-15-17-21-38(33)45(12-4,13-5)41(35)28-36(39)42-25-23-31(29-46(42)8)30-22-24-34-32-18-14-16-20-37(32)44(7,11-3)40(34)26-30/h14-29H,9-13H2,1-8H3/q+1. The van der Waals surface area contributed by atoms with Crippen LogP contribution in [0.4, 0.5) is 0 Å². The van der Waals surface area contributed by atoms with Crippen LogP contribution in [0, 0.1) is 0 Å². The highest BCUT2D eigenvalue weighted by atomic mass is 14.9. The molecule has 1 atom stereocenters. The van der Waals surface area contributed by atoms with Gasteiger partial charge >= 0.3 is 0 Å². The molecule has 4 aromatic carbocycles. The van der Waals surface area contributed by atoms with E-state index in [0.29, 0.717) is 0 Å². The number of aryl methyl sites for hydroxylation is 1. The Morgan fingerprint density at radius 3 is 1.80 bits per heavy atom. The lowest BCUT2D eigenvalue weighted by atomic mass is 9.70.